The minimum atomic E-state index is -0.977. The van der Waals surface area contributed by atoms with Crippen LogP contribution in [0.5, 0.6) is 0 Å². The number of carboxylic acids is 1. The van der Waals surface area contributed by atoms with Crippen molar-refractivity contribution in [1.82, 2.24) is 4.90 Å². The second-order valence-corrected chi connectivity index (χ2v) is 9.37. The van der Waals surface area contributed by atoms with Crippen molar-refractivity contribution in [1.29, 1.82) is 0 Å². The van der Waals surface area contributed by atoms with Crippen LogP contribution in [-0.2, 0) is 9.59 Å². The number of nitrogens with zero attached hydrogens (tertiary/aromatic N) is 1. The first kappa shape index (κ1) is 21.5. The molecule has 0 radical (unpaired) electrons. The number of thioether (sulfide) groups is 2. The molecule has 3 rings (SSSR count). The minimum absolute atomic E-state index is 0.0354. The van der Waals surface area contributed by atoms with Gasteiger partial charge in [0.25, 0.3) is 0 Å². The number of carboxylic acid groups (broad SMARTS) is 1. The van der Waals surface area contributed by atoms with Gasteiger partial charge in [-0.25, -0.2) is 4.79 Å². The standard InChI is InChI=1S/C22H23NO4S2/c1-15(14-28-22(27)16-8-4-2-5-9-16)20(24)23-13-18(12-19(23)21(25)26)29-17-10-6-3-7-11-17/h2-11,15,18-19H,12-14H2,1H3,(H,25,26)/t15?,18-,19-/m0/s1. The zero-order valence-electron chi connectivity index (χ0n) is 16.1. The lowest BCUT2D eigenvalue weighted by Crippen LogP contribution is -2.43. The van der Waals surface area contributed by atoms with Gasteiger partial charge in [0, 0.05) is 33.9 Å². The van der Waals surface area contributed by atoms with E-state index in [1.165, 1.54) is 4.90 Å². The Bertz CT molecular complexity index is 860. The highest BCUT2D eigenvalue weighted by Gasteiger charge is 2.41. The van der Waals surface area contributed by atoms with E-state index in [1.807, 2.05) is 36.4 Å². The Morgan fingerprint density at radius 2 is 1.69 bits per heavy atom. The van der Waals surface area contributed by atoms with Gasteiger partial charge in [-0.05, 0) is 18.6 Å². The Morgan fingerprint density at radius 1 is 1.07 bits per heavy atom. The molecule has 1 N–H and O–H groups in total. The number of carbonyl (C=O) groups excluding carboxylic acids is 2. The van der Waals surface area contributed by atoms with Crippen molar-refractivity contribution in [3.8, 4) is 0 Å². The van der Waals surface area contributed by atoms with Gasteiger partial charge in [-0.15, -0.1) is 11.8 Å². The SMILES string of the molecule is CC(CSC(=O)c1ccccc1)C(=O)N1C[C@@H](Sc2ccccc2)C[C@H]1C(=O)O. The predicted octanol–water partition coefficient (Wildman–Crippen LogP) is 4.04. The van der Waals surface area contributed by atoms with E-state index in [2.05, 4.69) is 0 Å². The van der Waals surface area contributed by atoms with E-state index >= 15 is 0 Å². The van der Waals surface area contributed by atoms with Crippen LogP contribution < -0.4 is 0 Å². The second kappa shape index (κ2) is 9.98. The molecule has 1 amide bonds. The first-order valence-electron chi connectivity index (χ1n) is 9.43. The van der Waals surface area contributed by atoms with Crippen LogP contribution in [0.4, 0.5) is 0 Å². The molecular formula is C22H23NO4S2. The monoisotopic (exact) mass is 429 g/mol. The fourth-order valence-electron chi connectivity index (χ4n) is 3.26. The van der Waals surface area contributed by atoms with Crippen molar-refractivity contribution in [2.45, 2.75) is 29.5 Å². The summed E-state index contributed by atoms with van der Waals surface area (Å²) in [6, 6.07) is 17.9. The van der Waals surface area contributed by atoms with Gasteiger partial charge in [-0.1, -0.05) is 67.2 Å². The Labute approximate surface area is 178 Å². The number of benzene rings is 2. The normalized spacial score (nSPS) is 19.7. The lowest BCUT2D eigenvalue weighted by Gasteiger charge is -2.24. The van der Waals surface area contributed by atoms with Crippen LogP contribution in [0, 0.1) is 5.92 Å². The number of hydrogen-bond acceptors (Lipinski definition) is 5. The molecule has 2 aromatic carbocycles. The van der Waals surface area contributed by atoms with Crippen LogP contribution in [-0.4, -0.2) is 50.6 Å². The van der Waals surface area contributed by atoms with E-state index < -0.39 is 17.9 Å². The van der Waals surface area contributed by atoms with Crippen LogP contribution in [0.1, 0.15) is 23.7 Å². The average Bonchev–Trinajstić information content (AvgIpc) is 3.16. The van der Waals surface area contributed by atoms with E-state index in [4.69, 9.17) is 0 Å². The number of hydrogen-bond donors (Lipinski definition) is 1. The number of amides is 1. The van der Waals surface area contributed by atoms with E-state index in [9.17, 15) is 19.5 Å². The molecule has 1 aliphatic rings. The van der Waals surface area contributed by atoms with E-state index in [0.717, 1.165) is 16.7 Å². The fraction of sp³-hybridized carbons (Fsp3) is 0.318. The van der Waals surface area contributed by atoms with Gasteiger partial charge < -0.3 is 10.0 Å². The molecular weight excluding hydrogens is 406 g/mol. The maximum absolute atomic E-state index is 12.9. The fourth-order valence-corrected chi connectivity index (χ4v) is 5.32. The lowest BCUT2D eigenvalue weighted by atomic mass is 10.1. The predicted molar refractivity (Wildman–Crippen MR) is 116 cm³/mol. The number of aliphatic carboxylic acids is 1. The Hall–Kier alpha value is -2.25. The van der Waals surface area contributed by atoms with Crippen LogP contribution in [0.15, 0.2) is 65.6 Å². The lowest BCUT2D eigenvalue weighted by molar-refractivity contribution is -0.149. The smallest absolute Gasteiger partial charge is 0.326 e. The first-order chi connectivity index (χ1) is 14.0. The number of rotatable bonds is 7. The second-order valence-electron chi connectivity index (χ2n) is 7.00. The van der Waals surface area contributed by atoms with E-state index in [0.29, 0.717) is 24.3 Å². The molecule has 3 atom stereocenters. The molecule has 1 saturated heterocycles. The van der Waals surface area contributed by atoms with Crippen molar-refractivity contribution in [3.63, 3.8) is 0 Å². The summed E-state index contributed by atoms with van der Waals surface area (Å²) in [5.41, 5.74) is 0.598. The van der Waals surface area contributed by atoms with Gasteiger partial charge in [-0.3, -0.25) is 9.59 Å². The van der Waals surface area contributed by atoms with Crippen LogP contribution in [0.2, 0.25) is 0 Å². The molecule has 0 spiro atoms. The first-order valence-corrected chi connectivity index (χ1v) is 11.3. The molecule has 0 saturated carbocycles. The third-order valence-electron chi connectivity index (χ3n) is 4.77. The Balaban J connectivity index is 1.59. The van der Waals surface area contributed by atoms with Crippen molar-refractivity contribution in [2.75, 3.05) is 12.3 Å². The molecule has 1 aliphatic heterocycles. The zero-order valence-corrected chi connectivity index (χ0v) is 17.7. The molecule has 1 unspecified atom stereocenters. The molecule has 1 fully saturated rings. The van der Waals surface area contributed by atoms with E-state index in [1.54, 1.807) is 43.0 Å². The van der Waals surface area contributed by atoms with Crippen LogP contribution >= 0.6 is 23.5 Å². The molecule has 1 heterocycles. The van der Waals surface area contributed by atoms with Gasteiger partial charge >= 0.3 is 5.97 Å². The van der Waals surface area contributed by atoms with Gasteiger partial charge in [0.1, 0.15) is 6.04 Å². The summed E-state index contributed by atoms with van der Waals surface area (Å²) in [6.07, 6.45) is 0.420. The molecule has 0 aliphatic carbocycles. The summed E-state index contributed by atoms with van der Waals surface area (Å²) in [7, 11) is 0. The van der Waals surface area contributed by atoms with Crippen molar-refractivity contribution >= 4 is 40.5 Å². The topological polar surface area (TPSA) is 74.7 Å². The van der Waals surface area contributed by atoms with Gasteiger partial charge in [-0.2, -0.15) is 0 Å². The van der Waals surface area contributed by atoms with Crippen LogP contribution in [0.25, 0.3) is 0 Å². The van der Waals surface area contributed by atoms with Crippen molar-refractivity contribution in [2.24, 2.45) is 5.92 Å². The highest BCUT2D eigenvalue weighted by atomic mass is 32.2. The Morgan fingerprint density at radius 3 is 2.31 bits per heavy atom. The molecule has 7 heteroatoms. The molecule has 0 bridgehead atoms. The third-order valence-corrected chi connectivity index (χ3v) is 7.16. The molecule has 0 aromatic heterocycles. The third kappa shape index (κ3) is 5.64. The van der Waals surface area contributed by atoms with Crippen LogP contribution in [0.3, 0.4) is 0 Å². The minimum Gasteiger partial charge on any atom is -0.480 e. The van der Waals surface area contributed by atoms with Crippen molar-refractivity contribution < 1.29 is 19.5 Å². The molecule has 29 heavy (non-hydrogen) atoms. The number of carbonyl (C=O) groups is 3. The summed E-state index contributed by atoms with van der Waals surface area (Å²) in [5.74, 6) is -1.29. The number of likely N-dealkylation sites (tertiary alicyclic amines) is 1. The molecule has 2 aromatic rings. The van der Waals surface area contributed by atoms with Gasteiger partial charge in [0.15, 0.2) is 0 Å². The molecule has 5 nitrogen and oxygen atoms in total. The largest absolute Gasteiger partial charge is 0.480 e. The summed E-state index contributed by atoms with van der Waals surface area (Å²) in [5, 5.41) is 9.55. The quantitative estimate of drug-likeness (QED) is 0.716. The maximum atomic E-state index is 12.9. The van der Waals surface area contributed by atoms with Gasteiger partial charge in [0.2, 0.25) is 11.0 Å². The Kier molecular flexibility index (Phi) is 7.39. The average molecular weight is 430 g/mol. The highest BCUT2D eigenvalue weighted by molar-refractivity contribution is 8.14. The highest BCUT2D eigenvalue weighted by Crippen LogP contribution is 2.34. The van der Waals surface area contributed by atoms with E-state index in [-0.39, 0.29) is 16.3 Å². The summed E-state index contributed by atoms with van der Waals surface area (Å²) >= 11 is 2.70. The summed E-state index contributed by atoms with van der Waals surface area (Å²) in [6.45, 7) is 2.15. The zero-order chi connectivity index (χ0) is 20.8. The maximum Gasteiger partial charge on any atom is 0.326 e. The summed E-state index contributed by atoms with van der Waals surface area (Å²) < 4.78 is 0. The van der Waals surface area contributed by atoms with Gasteiger partial charge in [0.05, 0.1) is 0 Å². The summed E-state index contributed by atoms with van der Waals surface area (Å²) in [4.78, 5) is 39.5. The molecule has 152 valence electrons. The van der Waals surface area contributed by atoms with Crippen molar-refractivity contribution in [3.05, 3.63) is 66.2 Å².